The lowest BCUT2D eigenvalue weighted by Gasteiger charge is -2.48. The van der Waals surface area contributed by atoms with Gasteiger partial charge in [-0.25, -0.2) is 0 Å². The molecule has 6 rings (SSSR count). The molecule has 55 heavy (non-hydrogen) atoms. The van der Waals surface area contributed by atoms with Crippen molar-refractivity contribution in [1.29, 1.82) is 0 Å². The highest BCUT2D eigenvalue weighted by Crippen LogP contribution is 2.43. The molecule has 5 aromatic rings. The van der Waals surface area contributed by atoms with Gasteiger partial charge < -0.3 is 28.4 Å². The van der Waals surface area contributed by atoms with E-state index in [0.717, 1.165) is 35.2 Å². The summed E-state index contributed by atoms with van der Waals surface area (Å²) in [5, 5.41) is 0. The van der Waals surface area contributed by atoms with Gasteiger partial charge in [0.15, 0.2) is 6.10 Å². The van der Waals surface area contributed by atoms with Gasteiger partial charge in [-0.05, 0) is 34.4 Å². The maximum absolute atomic E-state index is 14.8. The lowest BCUT2D eigenvalue weighted by atomic mass is 9.87. The summed E-state index contributed by atoms with van der Waals surface area (Å²) in [6.07, 6.45) is -11.5. The van der Waals surface area contributed by atoms with Crippen molar-refractivity contribution >= 4 is 21.9 Å². The van der Waals surface area contributed by atoms with Crippen molar-refractivity contribution in [2.24, 2.45) is 0 Å². The second kappa shape index (κ2) is 19.5. The monoisotopic (exact) mass is 818 g/mol. The van der Waals surface area contributed by atoms with Crippen LogP contribution in [-0.2, 0) is 65.8 Å². The molecule has 7 nitrogen and oxygen atoms in total. The number of rotatable bonds is 16. The quantitative estimate of drug-likeness (QED) is 0.0919. The molecule has 0 aliphatic carbocycles. The molecule has 1 aliphatic heterocycles. The second-order valence-corrected chi connectivity index (χ2v) is 14.1. The number of hydrogen-bond donors (Lipinski definition) is 0. The van der Waals surface area contributed by atoms with Crippen LogP contribution in [0.15, 0.2) is 144 Å². The lowest BCUT2D eigenvalue weighted by molar-refractivity contribution is -0.289. The number of hydrogen-bond acceptors (Lipinski definition) is 7. The van der Waals surface area contributed by atoms with Crippen molar-refractivity contribution in [2.75, 3.05) is 6.61 Å². The fourth-order valence-electron chi connectivity index (χ4n) is 6.58. The van der Waals surface area contributed by atoms with Crippen LogP contribution in [-0.4, -0.2) is 43.1 Å². The van der Waals surface area contributed by atoms with E-state index in [0.29, 0.717) is 0 Å². The molecular weight excluding hydrogens is 777 g/mol. The highest BCUT2D eigenvalue weighted by atomic mass is 79.9. The van der Waals surface area contributed by atoms with Gasteiger partial charge in [-0.3, -0.25) is 4.79 Å². The summed E-state index contributed by atoms with van der Waals surface area (Å²) in [5.41, 5.74) is 2.19. The Labute approximate surface area is 327 Å². The smallest absolute Gasteiger partial charge is 0.416 e. The third-order valence-corrected chi connectivity index (χ3v) is 9.63. The first-order chi connectivity index (χ1) is 26.7. The number of esters is 1. The summed E-state index contributed by atoms with van der Waals surface area (Å²) in [4.78, 5) is 12.8. The van der Waals surface area contributed by atoms with Gasteiger partial charge in [0.25, 0.3) is 0 Å². The largest absolute Gasteiger partial charge is 0.455 e. The van der Waals surface area contributed by atoms with E-state index >= 15 is 0 Å². The van der Waals surface area contributed by atoms with Gasteiger partial charge in [0.05, 0.1) is 38.6 Å². The van der Waals surface area contributed by atoms with Gasteiger partial charge in [-0.15, -0.1) is 0 Å². The molecule has 0 saturated carbocycles. The number of ether oxygens (including phenoxy) is 6. The Morgan fingerprint density at radius 1 is 0.655 bits per heavy atom. The van der Waals surface area contributed by atoms with E-state index in [2.05, 4.69) is 15.9 Å². The predicted octanol–water partition coefficient (Wildman–Crippen LogP) is 9.81. The van der Waals surface area contributed by atoms with Crippen LogP contribution in [0.3, 0.4) is 0 Å². The van der Waals surface area contributed by atoms with Crippen molar-refractivity contribution in [3.05, 3.63) is 177 Å². The molecule has 1 heterocycles. The fraction of sp³-hybridized carbons (Fsp3) is 0.295. The number of halogens is 4. The molecule has 0 aromatic heterocycles. The number of alkyl halides is 3. The Morgan fingerprint density at radius 2 is 1.11 bits per heavy atom. The average Bonchev–Trinajstić information content (AvgIpc) is 3.19. The average molecular weight is 820 g/mol. The van der Waals surface area contributed by atoms with E-state index < -0.39 is 54.3 Å². The Kier molecular flexibility index (Phi) is 14.3. The summed E-state index contributed by atoms with van der Waals surface area (Å²) >= 11 is 3.18. The van der Waals surface area contributed by atoms with Crippen molar-refractivity contribution in [1.82, 2.24) is 0 Å². The van der Waals surface area contributed by atoms with Crippen molar-refractivity contribution < 1.29 is 46.4 Å². The molecule has 1 saturated heterocycles. The molecule has 0 amide bonds. The summed E-state index contributed by atoms with van der Waals surface area (Å²) in [6, 6.07) is 41.7. The van der Waals surface area contributed by atoms with E-state index in [4.69, 9.17) is 28.4 Å². The van der Waals surface area contributed by atoms with Crippen LogP contribution in [0, 0.1) is 0 Å². The Morgan fingerprint density at radius 3 is 1.58 bits per heavy atom. The van der Waals surface area contributed by atoms with Gasteiger partial charge in [-0.1, -0.05) is 143 Å². The zero-order valence-electron chi connectivity index (χ0n) is 30.1. The van der Waals surface area contributed by atoms with Crippen LogP contribution in [0.4, 0.5) is 13.2 Å². The van der Waals surface area contributed by atoms with Crippen molar-refractivity contribution in [3.8, 4) is 0 Å². The Hall–Kier alpha value is -4.36. The van der Waals surface area contributed by atoms with Gasteiger partial charge in [0.1, 0.15) is 30.5 Å². The van der Waals surface area contributed by atoms with E-state index in [1.807, 2.05) is 121 Å². The first-order valence-corrected chi connectivity index (χ1v) is 18.7. The van der Waals surface area contributed by atoms with Crippen LogP contribution in [0.2, 0.25) is 0 Å². The molecule has 0 spiro atoms. The van der Waals surface area contributed by atoms with E-state index in [9.17, 15) is 18.0 Å². The Bertz CT molecular complexity index is 1920. The summed E-state index contributed by atoms with van der Waals surface area (Å²) in [7, 11) is 0. The minimum absolute atomic E-state index is 0.0271. The normalized spacial score (nSPS) is 20.5. The molecular formula is C44H42BrF3O7. The summed E-state index contributed by atoms with van der Waals surface area (Å²) in [6.45, 7) is 1.70. The first-order valence-electron chi connectivity index (χ1n) is 17.9. The minimum Gasteiger partial charge on any atom is -0.455 e. The molecule has 0 bridgehead atoms. The van der Waals surface area contributed by atoms with Crippen LogP contribution in [0.25, 0.3) is 0 Å². The molecule has 0 radical (unpaired) electrons. The molecule has 6 atom stereocenters. The van der Waals surface area contributed by atoms with Gasteiger partial charge in [0.2, 0.25) is 0 Å². The van der Waals surface area contributed by atoms with E-state index in [-0.39, 0.29) is 43.1 Å². The SMILES string of the molecule is CC(=O)O[C@@H](c1ccc(Br)cc1C(F)(F)F)[C@H]1OC(COCc2ccccc2)[C@@H](OCc2ccccc2)C(OCc2ccccc2)C1OCc1ccccc1. The van der Waals surface area contributed by atoms with E-state index in [1.54, 1.807) is 0 Å². The number of benzene rings is 5. The van der Waals surface area contributed by atoms with Crippen LogP contribution < -0.4 is 0 Å². The van der Waals surface area contributed by atoms with E-state index in [1.165, 1.54) is 12.1 Å². The molecule has 5 aromatic carbocycles. The first kappa shape index (κ1) is 40.3. The summed E-state index contributed by atoms with van der Waals surface area (Å²) < 4.78 is 83.5. The van der Waals surface area contributed by atoms with Crippen LogP contribution in [0.1, 0.15) is 46.4 Å². The maximum atomic E-state index is 14.8. The molecule has 288 valence electrons. The van der Waals surface area contributed by atoms with Gasteiger partial charge in [0, 0.05) is 17.0 Å². The topological polar surface area (TPSA) is 72.5 Å². The maximum Gasteiger partial charge on any atom is 0.416 e. The fourth-order valence-corrected chi connectivity index (χ4v) is 6.94. The molecule has 1 fully saturated rings. The Balaban J connectivity index is 1.45. The molecule has 11 heteroatoms. The minimum atomic E-state index is -4.80. The highest BCUT2D eigenvalue weighted by Gasteiger charge is 2.53. The van der Waals surface area contributed by atoms with Gasteiger partial charge >= 0.3 is 12.1 Å². The third-order valence-electron chi connectivity index (χ3n) is 9.14. The van der Waals surface area contributed by atoms with Crippen molar-refractivity contribution in [2.45, 2.75) is 76.2 Å². The van der Waals surface area contributed by atoms with Gasteiger partial charge in [-0.2, -0.15) is 13.2 Å². The summed E-state index contributed by atoms with van der Waals surface area (Å²) in [5.74, 6) is -0.799. The highest BCUT2D eigenvalue weighted by molar-refractivity contribution is 9.10. The zero-order chi connectivity index (χ0) is 38.6. The van der Waals surface area contributed by atoms with Crippen molar-refractivity contribution in [3.63, 3.8) is 0 Å². The zero-order valence-corrected chi connectivity index (χ0v) is 31.7. The molecule has 0 N–H and O–H groups in total. The third kappa shape index (κ3) is 11.3. The standard InChI is InChI=1S/C44H42BrF3O7/c1-30(49)54-39(36-23-22-35(45)24-37(36)44(46,47)48)43-42(53-28-34-20-12-5-13-21-34)41(52-27-33-18-10-4-11-19-33)40(51-26-32-16-8-3-9-17-32)38(55-43)29-50-25-31-14-6-2-7-15-31/h2-24,38-43H,25-29H2,1H3/t38?,39-,40+,41?,42?,43+/m0/s1. The molecule has 1 aliphatic rings. The van der Waals surface area contributed by atoms with Crippen LogP contribution in [0.5, 0.6) is 0 Å². The molecule has 3 unspecified atom stereocenters. The number of carbonyl (C=O) groups excluding carboxylic acids is 1. The number of carbonyl (C=O) groups is 1. The second-order valence-electron chi connectivity index (χ2n) is 13.2. The van der Waals surface area contributed by atoms with Crippen LogP contribution >= 0.6 is 15.9 Å². The predicted molar refractivity (Wildman–Crippen MR) is 203 cm³/mol. The lowest BCUT2D eigenvalue weighted by Crippen LogP contribution is -2.62.